The van der Waals surface area contributed by atoms with Gasteiger partial charge in [-0.05, 0) is 31.4 Å². The van der Waals surface area contributed by atoms with Crippen LogP contribution >= 0.6 is 11.8 Å². The Morgan fingerprint density at radius 1 is 1.33 bits per heavy atom. The molecule has 1 heterocycles. The summed E-state index contributed by atoms with van der Waals surface area (Å²) >= 11 is 1.29. The van der Waals surface area contributed by atoms with Crippen LogP contribution in [0.4, 0.5) is 5.69 Å². The number of methoxy groups -OCH3 is 1. The van der Waals surface area contributed by atoms with Crippen molar-refractivity contribution in [2.24, 2.45) is 0 Å². The number of benzene rings is 1. The molecule has 1 N–H and O–H groups in total. The summed E-state index contributed by atoms with van der Waals surface area (Å²) in [6.07, 6.45) is 1.79. The van der Waals surface area contributed by atoms with Crippen LogP contribution in [0, 0.1) is 6.92 Å². The number of aromatic nitrogens is 2. The number of hydrogen-bond donors (Lipinski definition) is 1. The van der Waals surface area contributed by atoms with Crippen LogP contribution in [-0.4, -0.2) is 34.8 Å². The molecule has 0 atom stereocenters. The fourth-order valence-electron chi connectivity index (χ4n) is 2.08. The second kappa shape index (κ2) is 7.78. The number of carbonyl (C=O) groups excluding carboxylic acids is 2. The van der Waals surface area contributed by atoms with Gasteiger partial charge in [0.25, 0.3) is 5.56 Å². The molecule has 0 aliphatic heterocycles. The Kier molecular flexibility index (Phi) is 5.75. The molecule has 0 saturated carbocycles. The minimum absolute atomic E-state index is 0.162. The van der Waals surface area contributed by atoms with Gasteiger partial charge in [-0.25, -0.2) is 9.78 Å². The molecule has 0 spiro atoms. The number of nitrogens with zero attached hydrogens (tertiary/aromatic N) is 2. The van der Waals surface area contributed by atoms with Crippen molar-refractivity contribution in [2.75, 3.05) is 18.7 Å². The van der Waals surface area contributed by atoms with Crippen LogP contribution in [0.25, 0.3) is 0 Å². The van der Waals surface area contributed by atoms with E-state index in [9.17, 15) is 14.4 Å². The highest BCUT2D eigenvalue weighted by Crippen LogP contribution is 2.13. The Balaban J connectivity index is 2.18. The SMILES string of the molecule is COC(=O)c1cccc(NC(=O)Cn2c(SC)nc(C)cc2=O)c1. The highest BCUT2D eigenvalue weighted by Gasteiger charge is 2.12. The van der Waals surface area contributed by atoms with E-state index >= 15 is 0 Å². The van der Waals surface area contributed by atoms with Gasteiger partial charge in [0.1, 0.15) is 6.54 Å². The fraction of sp³-hybridized carbons (Fsp3) is 0.250. The molecule has 0 bridgehead atoms. The van der Waals surface area contributed by atoms with E-state index in [0.29, 0.717) is 22.1 Å². The lowest BCUT2D eigenvalue weighted by Crippen LogP contribution is -2.29. The van der Waals surface area contributed by atoms with E-state index < -0.39 is 5.97 Å². The first-order valence-electron chi connectivity index (χ1n) is 7.05. The van der Waals surface area contributed by atoms with E-state index in [2.05, 4.69) is 15.0 Å². The van der Waals surface area contributed by atoms with Crippen molar-refractivity contribution in [1.82, 2.24) is 9.55 Å². The third-order valence-corrected chi connectivity index (χ3v) is 3.83. The summed E-state index contributed by atoms with van der Waals surface area (Å²) in [4.78, 5) is 40.0. The highest BCUT2D eigenvalue weighted by molar-refractivity contribution is 7.98. The number of rotatable bonds is 5. The van der Waals surface area contributed by atoms with Crippen molar-refractivity contribution in [3.63, 3.8) is 0 Å². The zero-order valence-corrected chi connectivity index (χ0v) is 14.3. The van der Waals surface area contributed by atoms with Crippen molar-refractivity contribution < 1.29 is 14.3 Å². The van der Waals surface area contributed by atoms with E-state index in [1.54, 1.807) is 31.4 Å². The van der Waals surface area contributed by atoms with Crippen LogP contribution in [-0.2, 0) is 16.1 Å². The second-order valence-corrected chi connectivity index (χ2v) is 5.70. The molecule has 0 unspecified atom stereocenters. The number of carbonyl (C=O) groups is 2. The average Bonchev–Trinajstić information content (AvgIpc) is 2.56. The summed E-state index contributed by atoms with van der Waals surface area (Å²) in [5, 5.41) is 3.13. The summed E-state index contributed by atoms with van der Waals surface area (Å²) in [5.41, 5.74) is 1.09. The van der Waals surface area contributed by atoms with E-state index in [4.69, 9.17) is 0 Å². The second-order valence-electron chi connectivity index (χ2n) is 4.93. The number of ether oxygens (including phenoxy) is 1. The topological polar surface area (TPSA) is 90.3 Å². The van der Waals surface area contributed by atoms with Crippen molar-refractivity contribution in [3.8, 4) is 0 Å². The molecule has 1 aromatic heterocycles. The van der Waals surface area contributed by atoms with E-state index in [0.717, 1.165) is 0 Å². The minimum atomic E-state index is -0.491. The van der Waals surface area contributed by atoms with Gasteiger partial charge >= 0.3 is 5.97 Å². The Labute approximate surface area is 143 Å². The van der Waals surface area contributed by atoms with E-state index in [-0.39, 0.29) is 18.0 Å². The Bertz CT molecular complexity index is 832. The quantitative estimate of drug-likeness (QED) is 0.503. The molecule has 2 aromatic rings. The third kappa shape index (κ3) is 4.23. The molecule has 2 rings (SSSR count). The van der Waals surface area contributed by atoms with Crippen molar-refractivity contribution in [1.29, 1.82) is 0 Å². The van der Waals surface area contributed by atoms with Gasteiger partial charge in [-0.3, -0.25) is 14.2 Å². The lowest BCUT2D eigenvalue weighted by atomic mass is 10.2. The minimum Gasteiger partial charge on any atom is -0.465 e. The number of anilines is 1. The molecule has 0 radical (unpaired) electrons. The monoisotopic (exact) mass is 347 g/mol. The number of esters is 1. The molecule has 0 aliphatic rings. The van der Waals surface area contributed by atoms with Crippen LogP contribution in [0.3, 0.4) is 0 Å². The third-order valence-electron chi connectivity index (χ3n) is 3.15. The Morgan fingerprint density at radius 2 is 2.08 bits per heavy atom. The first kappa shape index (κ1) is 17.7. The largest absolute Gasteiger partial charge is 0.465 e. The summed E-state index contributed by atoms with van der Waals surface area (Å²) in [6.45, 7) is 1.56. The number of thioether (sulfide) groups is 1. The lowest BCUT2D eigenvalue weighted by Gasteiger charge is -2.11. The maximum Gasteiger partial charge on any atom is 0.337 e. The molecular formula is C16H17N3O4S. The van der Waals surface area contributed by atoms with Crippen LogP contribution in [0.2, 0.25) is 0 Å². The summed E-state index contributed by atoms with van der Waals surface area (Å²) < 4.78 is 5.94. The number of nitrogens with one attached hydrogen (secondary N) is 1. The Hall–Kier alpha value is -2.61. The number of hydrogen-bond acceptors (Lipinski definition) is 6. The first-order valence-corrected chi connectivity index (χ1v) is 8.27. The van der Waals surface area contributed by atoms with Crippen molar-refractivity contribution in [2.45, 2.75) is 18.6 Å². The van der Waals surface area contributed by atoms with Gasteiger partial charge in [-0.1, -0.05) is 17.8 Å². The Morgan fingerprint density at radius 3 is 2.75 bits per heavy atom. The molecule has 126 valence electrons. The first-order chi connectivity index (χ1) is 11.4. The molecular weight excluding hydrogens is 330 g/mol. The van der Waals surface area contributed by atoms with Gasteiger partial charge in [0.05, 0.1) is 12.7 Å². The smallest absolute Gasteiger partial charge is 0.337 e. The van der Waals surface area contributed by atoms with E-state index in [1.807, 2.05) is 0 Å². The molecule has 0 saturated heterocycles. The van der Waals surface area contributed by atoms with Crippen LogP contribution in [0.15, 0.2) is 40.3 Å². The fourth-order valence-corrected chi connectivity index (χ4v) is 2.69. The lowest BCUT2D eigenvalue weighted by molar-refractivity contribution is -0.116. The predicted molar refractivity (Wildman–Crippen MR) is 91.4 cm³/mol. The van der Waals surface area contributed by atoms with E-state index in [1.165, 1.54) is 35.6 Å². The van der Waals surface area contributed by atoms with Crippen LogP contribution < -0.4 is 10.9 Å². The molecule has 8 heteroatoms. The summed E-state index contributed by atoms with van der Waals surface area (Å²) in [6, 6.07) is 7.76. The average molecular weight is 347 g/mol. The van der Waals surface area contributed by atoms with Gasteiger partial charge < -0.3 is 10.1 Å². The molecule has 0 fully saturated rings. The summed E-state index contributed by atoms with van der Waals surface area (Å²) in [7, 11) is 1.29. The van der Waals surface area contributed by atoms with Gasteiger partial charge in [0.2, 0.25) is 5.91 Å². The van der Waals surface area contributed by atoms with Gasteiger partial charge in [0, 0.05) is 17.4 Å². The van der Waals surface area contributed by atoms with Crippen molar-refractivity contribution in [3.05, 3.63) is 51.9 Å². The summed E-state index contributed by atoms with van der Waals surface area (Å²) in [5.74, 6) is -0.880. The number of amides is 1. The van der Waals surface area contributed by atoms with Gasteiger partial charge in [-0.15, -0.1) is 0 Å². The molecule has 0 aliphatic carbocycles. The van der Waals surface area contributed by atoms with Crippen LogP contribution in [0.5, 0.6) is 0 Å². The molecule has 1 aromatic carbocycles. The zero-order valence-electron chi connectivity index (χ0n) is 13.5. The molecule has 24 heavy (non-hydrogen) atoms. The number of aryl methyl sites for hydroxylation is 1. The van der Waals surface area contributed by atoms with Crippen molar-refractivity contribution >= 4 is 29.3 Å². The normalized spacial score (nSPS) is 10.3. The van der Waals surface area contributed by atoms with Gasteiger partial charge in [-0.2, -0.15) is 0 Å². The maximum atomic E-state index is 12.2. The van der Waals surface area contributed by atoms with Crippen LogP contribution in [0.1, 0.15) is 16.1 Å². The standard InChI is InChI=1S/C16H17N3O4S/c1-10-7-14(21)19(16(17-10)24-3)9-13(20)18-12-6-4-5-11(8-12)15(22)23-2/h4-8H,9H2,1-3H3,(H,18,20). The highest BCUT2D eigenvalue weighted by atomic mass is 32.2. The zero-order chi connectivity index (χ0) is 17.7. The predicted octanol–water partition coefficient (Wildman–Crippen LogP) is 1.70. The molecule has 7 nitrogen and oxygen atoms in total. The molecule has 1 amide bonds. The maximum absolute atomic E-state index is 12.2. The van der Waals surface area contributed by atoms with Gasteiger partial charge in [0.15, 0.2) is 5.16 Å².